The first-order chi connectivity index (χ1) is 14.6. The number of aryl methyl sites for hydroxylation is 1. The molecule has 1 saturated heterocycles. The first-order valence-corrected chi connectivity index (χ1v) is 10.1. The van der Waals surface area contributed by atoms with E-state index in [1.807, 2.05) is 19.1 Å². The third-order valence-electron chi connectivity index (χ3n) is 5.12. The van der Waals surface area contributed by atoms with Gasteiger partial charge in [0.1, 0.15) is 18.0 Å². The minimum absolute atomic E-state index is 0.0266. The SMILES string of the molecule is Cc1cc2c(cnn2-c2ccc(F)cc2)cc1N1CCN(C(=O)OC(C)(C)C)CC1=O. The summed E-state index contributed by atoms with van der Waals surface area (Å²) < 4.78 is 20.4. The van der Waals surface area contributed by atoms with Crippen LogP contribution in [0.3, 0.4) is 0 Å². The van der Waals surface area contributed by atoms with Gasteiger partial charge < -0.3 is 9.64 Å². The van der Waals surface area contributed by atoms with E-state index in [1.54, 1.807) is 48.7 Å². The molecule has 31 heavy (non-hydrogen) atoms. The molecule has 1 aromatic heterocycles. The second kappa shape index (κ2) is 7.68. The van der Waals surface area contributed by atoms with E-state index in [1.165, 1.54) is 17.0 Å². The molecule has 0 spiro atoms. The van der Waals surface area contributed by atoms with Crippen molar-refractivity contribution >= 4 is 28.6 Å². The van der Waals surface area contributed by atoms with Crippen LogP contribution < -0.4 is 4.90 Å². The van der Waals surface area contributed by atoms with E-state index in [9.17, 15) is 14.0 Å². The minimum Gasteiger partial charge on any atom is -0.444 e. The van der Waals surface area contributed by atoms with Crippen LogP contribution in [0.1, 0.15) is 26.3 Å². The summed E-state index contributed by atoms with van der Waals surface area (Å²) in [6.45, 7) is 8.09. The summed E-state index contributed by atoms with van der Waals surface area (Å²) in [4.78, 5) is 28.3. The molecule has 0 N–H and O–H groups in total. The molecule has 2 aromatic carbocycles. The Bertz CT molecular complexity index is 1150. The lowest BCUT2D eigenvalue weighted by Crippen LogP contribution is -2.53. The summed E-state index contributed by atoms with van der Waals surface area (Å²) in [7, 11) is 0. The lowest BCUT2D eigenvalue weighted by atomic mass is 10.1. The van der Waals surface area contributed by atoms with Gasteiger partial charge in [-0.15, -0.1) is 0 Å². The van der Waals surface area contributed by atoms with Crippen LogP contribution in [0.4, 0.5) is 14.9 Å². The van der Waals surface area contributed by atoms with E-state index in [0.717, 1.165) is 27.8 Å². The third kappa shape index (κ3) is 4.23. The fraction of sp³-hybridized carbons (Fsp3) is 0.348. The molecular weight excluding hydrogens is 399 g/mol. The van der Waals surface area contributed by atoms with Crippen LogP contribution in [-0.4, -0.2) is 51.9 Å². The number of hydrogen-bond donors (Lipinski definition) is 0. The smallest absolute Gasteiger partial charge is 0.410 e. The van der Waals surface area contributed by atoms with Crippen LogP contribution in [0.25, 0.3) is 16.6 Å². The molecule has 162 valence electrons. The zero-order valence-corrected chi connectivity index (χ0v) is 18.1. The Labute approximate surface area is 180 Å². The lowest BCUT2D eigenvalue weighted by Gasteiger charge is -2.35. The number of benzene rings is 2. The van der Waals surface area contributed by atoms with E-state index >= 15 is 0 Å². The van der Waals surface area contributed by atoms with Crippen LogP contribution in [0.2, 0.25) is 0 Å². The van der Waals surface area contributed by atoms with Gasteiger partial charge in [0.15, 0.2) is 0 Å². The fourth-order valence-corrected chi connectivity index (χ4v) is 3.66. The number of aromatic nitrogens is 2. The van der Waals surface area contributed by atoms with Gasteiger partial charge in [-0.2, -0.15) is 5.10 Å². The first-order valence-electron chi connectivity index (χ1n) is 10.1. The van der Waals surface area contributed by atoms with Crippen molar-refractivity contribution in [3.05, 3.63) is 54.0 Å². The van der Waals surface area contributed by atoms with Gasteiger partial charge in [0, 0.05) is 24.2 Å². The first kappa shape index (κ1) is 20.8. The summed E-state index contributed by atoms with van der Waals surface area (Å²) in [5.74, 6) is -0.465. The number of piperazine rings is 1. The van der Waals surface area contributed by atoms with Crippen LogP contribution >= 0.6 is 0 Å². The highest BCUT2D eigenvalue weighted by atomic mass is 19.1. The number of anilines is 1. The van der Waals surface area contributed by atoms with Gasteiger partial charge in [-0.3, -0.25) is 9.69 Å². The molecule has 0 atom stereocenters. The predicted octanol–water partition coefficient (Wildman–Crippen LogP) is 4.06. The summed E-state index contributed by atoms with van der Waals surface area (Å²) in [5.41, 5.74) is 2.72. The molecule has 2 heterocycles. The Hall–Kier alpha value is -3.42. The maximum atomic E-state index is 13.3. The number of halogens is 1. The molecule has 1 aliphatic rings. The van der Waals surface area contributed by atoms with Crippen molar-refractivity contribution in [2.75, 3.05) is 24.5 Å². The number of nitrogens with zero attached hydrogens (tertiary/aromatic N) is 4. The summed E-state index contributed by atoms with van der Waals surface area (Å²) >= 11 is 0. The van der Waals surface area contributed by atoms with Gasteiger partial charge in [-0.1, -0.05) is 0 Å². The van der Waals surface area contributed by atoms with Crippen LogP contribution in [0.15, 0.2) is 42.6 Å². The van der Waals surface area contributed by atoms with Crippen molar-refractivity contribution in [2.24, 2.45) is 0 Å². The number of hydrogen-bond acceptors (Lipinski definition) is 4. The minimum atomic E-state index is -0.608. The van der Waals surface area contributed by atoms with Gasteiger partial charge >= 0.3 is 6.09 Å². The Balaban J connectivity index is 1.58. The molecule has 1 aliphatic heterocycles. The Morgan fingerprint density at radius 3 is 2.48 bits per heavy atom. The predicted molar refractivity (Wildman–Crippen MR) is 116 cm³/mol. The normalized spacial score (nSPS) is 14.9. The fourth-order valence-electron chi connectivity index (χ4n) is 3.66. The van der Waals surface area contributed by atoms with Crippen molar-refractivity contribution in [2.45, 2.75) is 33.3 Å². The second-order valence-electron chi connectivity index (χ2n) is 8.68. The van der Waals surface area contributed by atoms with Crippen LogP contribution in [0.5, 0.6) is 0 Å². The lowest BCUT2D eigenvalue weighted by molar-refractivity contribution is -0.121. The largest absolute Gasteiger partial charge is 0.444 e. The molecule has 8 heteroatoms. The van der Waals surface area contributed by atoms with Crippen molar-refractivity contribution in [1.29, 1.82) is 0 Å². The van der Waals surface area contributed by atoms with Crippen molar-refractivity contribution in [1.82, 2.24) is 14.7 Å². The van der Waals surface area contributed by atoms with Crippen LogP contribution in [-0.2, 0) is 9.53 Å². The monoisotopic (exact) mass is 424 g/mol. The topological polar surface area (TPSA) is 67.7 Å². The molecule has 0 unspecified atom stereocenters. The van der Waals surface area contributed by atoms with Gasteiger partial charge in [0.25, 0.3) is 0 Å². The third-order valence-corrected chi connectivity index (χ3v) is 5.12. The standard InChI is InChI=1S/C23H25FN4O3/c1-15-11-20-16(13-25-28(20)18-7-5-17(24)6-8-18)12-19(15)27-10-9-26(14-21(27)29)22(30)31-23(2,3)4/h5-8,11-13H,9-10,14H2,1-4H3. The molecule has 0 aliphatic carbocycles. The molecule has 7 nitrogen and oxygen atoms in total. The highest BCUT2D eigenvalue weighted by Gasteiger charge is 2.31. The maximum absolute atomic E-state index is 13.3. The van der Waals surface area contributed by atoms with Gasteiger partial charge in [0.05, 0.1) is 17.4 Å². The highest BCUT2D eigenvalue weighted by Crippen LogP contribution is 2.29. The Kier molecular flexibility index (Phi) is 5.16. The van der Waals surface area contributed by atoms with Gasteiger partial charge in [0.2, 0.25) is 5.91 Å². The summed E-state index contributed by atoms with van der Waals surface area (Å²) in [5, 5.41) is 5.30. The number of carbonyl (C=O) groups excluding carboxylic acids is 2. The van der Waals surface area contributed by atoms with Gasteiger partial charge in [-0.25, -0.2) is 13.9 Å². The van der Waals surface area contributed by atoms with Gasteiger partial charge in [-0.05, 0) is 69.7 Å². The molecule has 0 radical (unpaired) electrons. The number of ether oxygens (including phenoxy) is 1. The quantitative estimate of drug-likeness (QED) is 0.622. The molecular formula is C23H25FN4O3. The van der Waals surface area contributed by atoms with Crippen molar-refractivity contribution < 1.29 is 18.7 Å². The van der Waals surface area contributed by atoms with E-state index in [-0.39, 0.29) is 18.3 Å². The highest BCUT2D eigenvalue weighted by molar-refractivity contribution is 6.00. The summed E-state index contributed by atoms with van der Waals surface area (Å²) in [6, 6.07) is 10.0. The number of fused-ring (bicyclic) bond motifs is 1. The maximum Gasteiger partial charge on any atom is 0.410 e. The Morgan fingerprint density at radius 2 is 1.84 bits per heavy atom. The zero-order valence-electron chi connectivity index (χ0n) is 18.1. The Morgan fingerprint density at radius 1 is 1.13 bits per heavy atom. The zero-order chi connectivity index (χ0) is 22.3. The van der Waals surface area contributed by atoms with Crippen LogP contribution in [0, 0.1) is 12.7 Å². The van der Waals surface area contributed by atoms with Crippen molar-refractivity contribution in [3.8, 4) is 5.69 Å². The van der Waals surface area contributed by atoms with E-state index in [2.05, 4.69) is 5.10 Å². The second-order valence-corrected chi connectivity index (χ2v) is 8.68. The van der Waals surface area contributed by atoms with Crippen molar-refractivity contribution in [3.63, 3.8) is 0 Å². The van der Waals surface area contributed by atoms with E-state index in [4.69, 9.17) is 4.74 Å². The average molecular weight is 424 g/mol. The number of carbonyl (C=O) groups is 2. The van der Waals surface area contributed by atoms with E-state index in [0.29, 0.717) is 13.1 Å². The number of rotatable bonds is 2. The van der Waals surface area contributed by atoms with E-state index < -0.39 is 11.7 Å². The summed E-state index contributed by atoms with van der Waals surface area (Å²) in [6.07, 6.45) is 1.25. The molecule has 0 bridgehead atoms. The molecule has 4 rings (SSSR count). The number of amides is 2. The molecule has 3 aromatic rings. The molecule has 1 fully saturated rings. The molecule has 2 amide bonds. The average Bonchev–Trinajstić information content (AvgIpc) is 3.09. The molecule has 0 saturated carbocycles.